The molecule has 0 heterocycles. The van der Waals surface area contributed by atoms with Gasteiger partial charge >= 0.3 is 12.1 Å². The first kappa shape index (κ1) is 14.7. The molecule has 0 nitrogen and oxygen atoms in total. The number of thioether (sulfide) groups is 1. The summed E-state index contributed by atoms with van der Waals surface area (Å²) < 4.78 is 60.8. The summed E-state index contributed by atoms with van der Waals surface area (Å²) in [6, 6.07) is 0. The van der Waals surface area contributed by atoms with E-state index in [0.29, 0.717) is 0 Å². The zero-order valence-electron chi connectivity index (χ0n) is 8.50. The minimum Gasteiger partial charge on any atom is -0.191 e. The van der Waals surface area contributed by atoms with Crippen LogP contribution in [0.4, 0.5) is 22.0 Å². The molecule has 0 rings (SSSR count). The summed E-state index contributed by atoms with van der Waals surface area (Å²) in [6.07, 6.45) is -3.69. The zero-order chi connectivity index (χ0) is 12.1. The highest BCUT2D eigenvalue weighted by Gasteiger charge is 2.58. The zero-order valence-corrected chi connectivity index (χ0v) is 9.31. The molecule has 0 N–H and O–H groups in total. The van der Waals surface area contributed by atoms with E-state index in [-0.39, 0.29) is 5.75 Å². The Morgan fingerprint density at radius 2 is 1.73 bits per heavy atom. The highest BCUT2D eigenvalue weighted by molar-refractivity contribution is 7.99. The maximum atomic E-state index is 12.6. The number of allylic oxidation sites excluding steroid dienone is 1. The van der Waals surface area contributed by atoms with Crippen molar-refractivity contribution in [2.45, 2.75) is 32.4 Å². The van der Waals surface area contributed by atoms with E-state index < -0.39 is 17.7 Å². The largest absolute Gasteiger partial charge is 0.457 e. The second-order valence-corrected chi connectivity index (χ2v) is 4.18. The van der Waals surface area contributed by atoms with Crippen molar-refractivity contribution in [1.82, 2.24) is 0 Å². The van der Waals surface area contributed by atoms with Crippen LogP contribution >= 0.6 is 11.8 Å². The van der Waals surface area contributed by atoms with Crippen molar-refractivity contribution >= 4 is 11.8 Å². The molecule has 0 aliphatic carbocycles. The van der Waals surface area contributed by atoms with Gasteiger partial charge in [0.2, 0.25) is 0 Å². The van der Waals surface area contributed by atoms with Crippen molar-refractivity contribution in [1.29, 1.82) is 0 Å². The van der Waals surface area contributed by atoms with Crippen molar-refractivity contribution in [3.8, 4) is 0 Å². The van der Waals surface area contributed by atoms with Gasteiger partial charge in [-0.05, 0) is 19.1 Å². The highest BCUT2D eigenvalue weighted by Crippen LogP contribution is 2.40. The molecule has 0 unspecified atom stereocenters. The van der Waals surface area contributed by atoms with Gasteiger partial charge in [-0.25, -0.2) is 0 Å². The van der Waals surface area contributed by atoms with Gasteiger partial charge in [-0.3, -0.25) is 0 Å². The van der Waals surface area contributed by atoms with E-state index in [1.165, 1.54) is 11.8 Å². The molecule has 0 radical (unpaired) electrons. The summed E-state index contributed by atoms with van der Waals surface area (Å²) >= 11 is 1.33. The average molecular weight is 248 g/mol. The molecule has 0 atom stereocenters. The Balaban J connectivity index is 4.35. The molecule has 0 aromatic carbocycles. The Bertz CT molecular complexity index is 219. The van der Waals surface area contributed by atoms with Crippen LogP contribution in [0.15, 0.2) is 11.6 Å². The molecule has 0 bridgehead atoms. The molecule has 0 amide bonds. The number of alkyl halides is 5. The van der Waals surface area contributed by atoms with Crippen LogP contribution < -0.4 is 0 Å². The minimum atomic E-state index is -5.50. The van der Waals surface area contributed by atoms with Gasteiger partial charge in [0.05, 0.1) is 0 Å². The summed E-state index contributed by atoms with van der Waals surface area (Å²) in [7, 11) is 0. The van der Waals surface area contributed by atoms with E-state index in [9.17, 15) is 22.0 Å². The number of halogens is 5. The lowest BCUT2D eigenvalue weighted by molar-refractivity contribution is -0.264. The summed E-state index contributed by atoms with van der Waals surface area (Å²) in [5.41, 5.74) is -0.932. The van der Waals surface area contributed by atoms with Crippen LogP contribution in [0, 0.1) is 0 Å². The van der Waals surface area contributed by atoms with Crippen molar-refractivity contribution in [2.75, 3.05) is 11.5 Å². The van der Waals surface area contributed by atoms with Crippen LogP contribution in [-0.2, 0) is 0 Å². The molecule has 0 saturated carbocycles. The fraction of sp³-hybridized carbons (Fsp3) is 0.778. The van der Waals surface area contributed by atoms with E-state index in [1.807, 2.05) is 6.92 Å². The third-order valence-electron chi connectivity index (χ3n) is 1.71. The highest BCUT2D eigenvalue weighted by atomic mass is 32.2. The van der Waals surface area contributed by atoms with E-state index in [2.05, 4.69) is 0 Å². The Morgan fingerprint density at radius 3 is 2.13 bits per heavy atom. The molecular formula is C9H13F5S. The molecule has 0 fully saturated rings. The molecule has 90 valence electrons. The van der Waals surface area contributed by atoms with Crippen LogP contribution in [-0.4, -0.2) is 23.6 Å². The van der Waals surface area contributed by atoms with Gasteiger partial charge in [0.1, 0.15) is 0 Å². The smallest absolute Gasteiger partial charge is 0.191 e. The normalized spacial score (nSPS) is 14.5. The molecule has 15 heavy (non-hydrogen) atoms. The fourth-order valence-corrected chi connectivity index (χ4v) is 1.59. The van der Waals surface area contributed by atoms with Crippen LogP contribution in [0.25, 0.3) is 0 Å². The van der Waals surface area contributed by atoms with Crippen molar-refractivity contribution in [2.24, 2.45) is 0 Å². The van der Waals surface area contributed by atoms with E-state index in [4.69, 9.17) is 0 Å². The standard InChI is InChI=1S/C9H13F5S/c1-3-5-15-6-4-7(2)8(10,11)9(12,13)14/h4H,3,5-6H2,1-2H3/b7-4+. The van der Waals surface area contributed by atoms with Gasteiger partial charge in [0.25, 0.3) is 0 Å². The summed E-state index contributed by atoms with van der Waals surface area (Å²) in [6.45, 7) is 2.72. The molecule has 0 aromatic heterocycles. The van der Waals surface area contributed by atoms with Crippen LogP contribution in [0.1, 0.15) is 20.3 Å². The van der Waals surface area contributed by atoms with Gasteiger partial charge in [-0.15, -0.1) is 0 Å². The molecule has 0 aliphatic rings. The van der Waals surface area contributed by atoms with Gasteiger partial charge < -0.3 is 0 Å². The van der Waals surface area contributed by atoms with E-state index in [0.717, 1.165) is 25.2 Å². The topological polar surface area (TPSA) is 0 Å². The minimum absolute atomic E-state index is 0.186. The fourth-order valence-electron chi connectivity index (χ4n) is 0.763. The number of hydrogen-bond donors (Lipinski definition) is 0. The molecular weight excluding hydrogens is 235 g/mol. The first-order valence-corrected chi connectivity index (χ1v) is 5.58. The second-order valence-electron chi connectivity index (χ2n) is 3.03. The van der Waals surface area contributed by atoms with E-state index >= 15 is 0 Å². The maximum Gasteiger partial charge on any atom is 0.457 e. The third kappa shape index (κ3) is 4.40. The average Bonchev–Trinajstić information content (AvgIpc) is 2.10. The van der Waals surface area contributed by atoms with Gasteiger partial charge in [0, 0.05) is 11.3 Å². The summed E-state index contributed by atoms with van der Waals surface area (Å²) in [5, 5.41) is 0. The predicted octanol–water partition coefficient (Wildman–Crippen LogP) is 4.27. The van der Waals surface area contributed by atoms with Crippen molar-refractivity contribution < 1.29 is 22.0 Å². The molecule has 0 spiro atoms. The molecule has 0 aliphatic heterocycles. The number of hydrogen-bond acceptors (Lipinski definition) is 1. The number of rotatable bonds is 5. The first-order chi connectivity index (χ1) is 6.73. The van der Waals surface area contributed by atoms with Crippen LogP contribution in [0.5, 0.6) is 0 Å². The lowest BCUT2D eigenvalue weighted by Gasteiger charge is -2.20. The summed E-state index contributed by atoms with van der Waals surface area (Å²) in [4.78, 5) is 0. The van der Waals surface area contributed by atoms with Gasteiger partial charge in [0.15, 0.2) is 0 Å². The third-order valence-corrected chi connectivity index (χ3v) is 2.81. The second kappa shape index (κ2) is 5.72. The Labute approximate surface area is 89.9 Å². The molecule has 0 saturated heterocycles. The lowest BCUT2D eigenvalue weighted by Crippen LogP contribution is -2.37. The van der Waals surface area contributed by atoms with Crippen LogP contribution in [0.2, 0.25) is 0 Å². The monoisotopic (exact) mass is 248 g/mol. The van der Waals surface area contributed by atoms with Crippen LogP contribution in [0.3, 0.4) is 0 Å². The van der Waals surface area contributed by atoms with E-state index in [1.54, 1.807) is 0 Å². The molecule has 6 heteroatoms. The quantitative estimate of drug-likeness (QED) is 0.397. The maximum absolute atomic E-state index is 12.6. The van der Waals surface area contributed by atoms with Gasteiger partial charge in [-0.1, -0.05) is 13.0 Å². The summed E-state index contributed by atoms with van der Waals surface area (Å²) in [5.74, 6) is -3.77. The lowest BCUT2D eigenvalue weighted by atomic mass is 10.1. The Hall–Kier alpha value is -0.260. The van der Waals surface area contributed by atoms with Crippen molar-refractivity contribution in [3.05, 3.63) is 11.6 Å². The predicted molar refractivity (Wildman–Crippen MR) is 52.4 cm³/mol. The van der Waals surface area contributed by atoms with Gasteiger partial charge in [-0.2, -0.15) is 33.7 Å². The first-order valence-electron chi connectivity index (χ1n) is 4.43. The SMILES string of the molecule is CCCSC/C=C(\C)C(F)(F)C(F)(F)F. The molecule has 0 aromatic rings. The van der Waals surface area contributed by atoms with Crippen molar-refractivity contribution in [3.63, 3.8) is 0 Å². The Kier molecular flexibility index (Phi) is 5.62. The Morgan fingerprint density at radius 1 is 1.20 bits per heavy atom.